The van der Waals surface area contributed by atoms with Gasteiger partial charge in [-0.1, -0.05) is 39.0 Å². The van der Waals surface area contributed by atoms with Crippen LogP contribution in [0.3, 0.4) is 0 Å². The molecular weight excluding hydrogens is 186 g/mol. The lowest BCUT2D eigenvalue weighted by molar-refractivity contribution is 0.328. The molecule has 0 amide bonds. The molecule has 0 aromatic carbocycles. The van der Waals surface area contributed by atoms with Crippen LogP contribution in [0, 0.1) is 0 Å². The van der Waals surface area contributed by atoms with Crippen molar-refractivity contribution in [3.8, 4) is 0 Å². The van der Waals surface area contributed by atoms with Crippen molar-refractivity contribution in [1.29, 1.82) is 0 Å². The van der Waals surface area contributed by atoms with Crippen LogP contribution < -0.4 is 5.73 Å². The highest BCUT2D eigenvalue weighted by atomic mass is 15.3. The number of rotatable bonds is 7. The van der Waals surface area contributed by atoms with Gasteiger partial charge in [0.1, 0.15) is 0 Å². The van der Waals surface area contributed by atoms with Crippen molar-refractivity contribution in [3.05, 3.63) is 0 Å². The van der Waals surface area contributed by atoms with Crippen molar-refractivity contribution < 1.29 is 0 Å². The quantitative estimate of drug-likeness (QED) is 0.657. The Morgan fingerprint density at radius 3 is 2.67 bits per heavy atom. The highest BCUT2D eigenvalue weighted by Crippen LogP contribution is 2.15. The monoisotopic (exact) mass is 211 g/mol. The largest absolute Gasteiger partial charge is 0.370 e. The Kier molecular flexibility index (Phi) is 5.51. The third-order valence-electron chi connectivity index (χ3n) is 3.18. The predicted molar refractivity (Wildman–Crippen MR) is 66.0 cm³/mol. The van der Waals surface area contributed by atoms with Crippen LogP contribution >= 0.6 is 0 Å². The first-order valence-corrected chi connectivity index (χ1v) is 6.36. The van der Waals surface area contributed by atoms with Crippen LogP contribution in [-0.2, 0) is 0 Å². The second-order valence-corrected chi connectivity index (χ2v) is 4.34. The molecule has 0 radical (unpaired) electrons. The molecule has 1 heterocycles. The van der Waals surface area contributed by atoms with E-state index in [2.05, 4.69) is 23.7 Å². The molecule has 15 heavy (non-hydrogen) atoms. The zero-order valence-corrected chi connectivity index (χ0v) is 10.2. The second kappa shape index (κ2) is 6.70. The standard InChI is InChI=1S/C12H25N3/c1-3-5-6-7-8-9-11-10-14-12(13)15(11)4-2/h11H,3-10H2,1-2H3,(H2,13,14). The first-order valence-electron chi connectivity index (χ1n) is 6.36. The Hall–Kier alpha value is -0.730. The molecule has 0 saturated carbocycles. The molecule has 3 nitrogen and oxygen atoms in total. The van der Waals surface area contributed by atoms with Crippen LogP contribution in [0.1, 0.15) is 52.4 Å². The predicted octanol–water partition coefficient (Wildman–Crippen LogP) is 2.37. The van der Waals surface area contributed by atoms with Crippen LogP contribution in [0.5, 0.6) is 0 Å². The van der Waals surface area contributed by atoms with Crippen molar-refractivity contribution in [2.75, 3.05) is 13.1 Å². The summed E-state index contributed by atoms with van der Waals surface area (Å²) in [7, 11) is 0. The van der Waals surface area contributed by atoms with Crippen molar-refractivity contribution >= 4 is 5.96 Å². The maximum absolute atomic E-state index is 5.81. The van der Waals surface area contributed by atoms with E-state index in [0.29, 0.717) is 6.04 Å². The van der Waals surface area contributed by atoms with Gasteiger partial charge in [0, 0.05) is 6.54 Å². The summed E-state index contributed by atoms with van der Waals surface area (Å²) in [5, 5.41) is 0. The Morgan fingerprint density at radius 2 is 2.00 bits per heavy atom. The van der Waals surface area contributed by atoms with Gasteiger partial charge < -0.3 is 10.6 Å². The number of likely N-dealkylation sites (N-methyl/N-ethyl adjacent to an activating group) is 1. The molecule has 0 bridgehead atoms. The van der Waals surface area contributed by atoms with Gasteiger partial charge in [-0.05, 0) is 13.3 Å². The Balaban J connectivity index is 2.12. The molecule has 2 N–H and O–H groups in total. The normalized spacial score (nSPS) is 20.8. The lowest BCUT2D eigenvalue weighted by Crippen LogP contribution is -2.40. The highest BCUT2D eigenvalue weighted by Gasteiger charge is 2.23. The number of unbranched alkanes of at least 4 members (excludes halogenated alkanes) is 4. The molecule has 1 aliphatic rings. The number of hydrogen-bond donors (Lipinski definition) is 1. The zero-order chi connectivity index (χ0) is 11.1. The summed E-state index contributed by atoms with van der Waals surface area (Å²) in [6.07, 6.45) is 8.01. The molecule has 1 unspecified atom stereocenters. The van der Waals surface area contributed by atoms with Crippen molar-refractivity contribution in [3.63, 3.8) is 0 Å². The summed E-state index contributed by atoms with van der Waals surface area (Å²) < 4.78 is 0. The Morgan fingerprint density at radius 1 is 1.27 bits per heavy atom. The summed E-state index contributed by atoms with van der Waals surface area (Å²) in [5.41, 5.74) is 5.81. The van der Waals surface area contributed by atoms with Crippen molar-refractivity contribution in [1.82, 2.24) is 4.90 Å². The van der Waals surface area contributed by atoms with Gasteiger partial charge in [-0.2, -0.15) is 0 Å². The lowest BCUT2D eigenvalue weighted by Gasteiger charge is -2.24. The van der Waals surface area contributed by atoms with Gasteiger partial charge in [0.25, 0.3) is 0 Å². The molecule has 0 spiro atoms. The van der Waals surface area contributed by atoms with Gasteiger partial charge >= 0.3 is 0 Å². The maximum atomic E-state index is 5.81. The van der Waals surface area contributed by atoms with E-state index in [1.807, 2.05) is 0 Å². The molecule has 3 heteroatoms. The minimum absolute atomic E-state index is 0.580. The van der Waals surface area contributed by atoms with Crippen LogP contribution in [0.25, 0.3) is 0 Å². The molecule has 1 aliphatic heterocycles. The second-order valence-electron chi connectivity index (χ2n) is 4.34. The molecule has 1 atom stereocenters. The van der Waals surface area contributed by atoms with E-state index >= 15 is 0 Å². The first-order chi connectivity index (χ1) is 7.29. The zero-order valence-electron chi connectivity index (χ0n) is 10.2. The summed E-state index contributed by atoms with van der Waals surface area (Å²) in [6.45, 7) is 6.31. The molecule has 0 fully saturated rings. The van der Waals surface area contributed by atoms with Gasteiger partial charge in [-0.3, -0.25) is 4.99 Å². The average molecular weight is 211 g/mol. The third kappa shape index (κ3) is 3.73. The molecule has 1 rings (SSSR count). The Bertz CT molecular complexity index is 201. The van der Waals surface area contributed by atoms with Crippen LogP contribution in [-0.4, -0.2) is 30.0 Å². The molecule has 0 aromatic rings. The van der Waals surface area contributed by atoms with Crippen LogP contribution in [0.4, 0.5) is 0 Å². The number of aliphatic imine (C=N–C) groups is 1. The van der Waals surface area contributed by atoms with E-state index in [-0.39, 0.29) is 0 Å². The molecule has 0 aliphatic carbocycles. The fourth-order valence-corrected chi connectivity index (χ4v) is 2.23. The van der Waals surface area contributed by atoms with E-state index in [1.165, 1.54) is 38.5 Å². The van der Waals surface area contributed by atoms with Crippen LogP contribution in [0.15, 0.2) is 4.99 Å². The SMILES string of the molecule is CCCCCCCC1CN=C(N)N1CC. The van der Waals surface area contributed by atoms with Gasteiger partial charge in [0.2, 0.25) is 0 Å². The first kappa shape index (κ1) is 12.3. The third-order valence-corrected chi connectivity index (χ3v) is 3.18. The average Bonchev–Trinajstić information content (AvgIpc) is 2.59. The minimum Gasteiger partial charge on any atom is -0.370 e. The van der Waals surface area contributed by atoms with Gasteiger partial charge in [-0.25, -0.2) is 0 Å². The fraction of sp³-hybridized carbons (Fsp3) is 0.917. The van der Waals surface area contributed by atoms with Gasteiger partial charge in [0.15, 0.2) is 5.96 Å². The maximum Gasteiger partial charge on any atom is 0.191 e. The summed E-state index contributed by atoms with van der Waals surface area (Å²) in [5.74, 6) is 0.746. The van der Waals surface area contributed by atoms with Crippen molar-refractivity contribution in [2.24, 2.45) is 10.7 Å². The molecule has 0 aromatic heterocycles. The summed E-state index contributed by atoms with van der Waals surface area (Å²) in [4.78, 5) is 6.54. The van der Waals surface area contributed by atoms with E-state index < -0.39 is 0 Å². The summed E-state index contributed by atoms with van der Waals surface area (Å²) in [6, 6.07) is 0.580. The number of nitrogens with two attached hydrogens (primary N) is 1. The summed E-state index contributed by atoms with van der Waals surface area (Å²) >= 11 is 0. The molecular formula is C12H25N3. The van der Waals surface area contributed by atoms with E-state index in [0.717, 1.165) is 19.0 Å². The number of hydrogen-bond acceptors (Lipinski definition) is 3. The Labute approximate surface area is 93.7 Å². The number of guanidine groups is 1. The molecule has 0 saturated heterocycles. The number of nitrogens with zero attached hydrogens (tertiary/aromatic N) is 2. The van der Waals surface area contributed by atoms with E-state index in [9.17, 15) is 0 Å². The van der Waals surface area contributed by atoms with Gasteiger partial charge in [-0.15, -0.1) is 0 Å². The van der Waals surface area contributed by atoms with Crippen molar-refractivity contribution in [2.45, 2.75) is 58.4 Å². The highest BCUT2D eigenvalue weighted by molar-refractivity contribution is 5.80. The fourth-order valence-electron chi connectivity index (χ4n) is 2.23. The van der Waals surface area contributed by atoms with E-state index in [4.69, 9.17) is 5.73 Å². The smallest absolute Gasteiger partial charge is 0.191 e. The van der Waals surface area contributed by atoms with Gasteiger partial charge in [0.05, 0.1) is 12.6 Å². The topological polar surface area (TPSA) is 41.6 Å². The van der Waals surface area contributed by atoms with Crippen LogP contribution in [0.2, 0.25) is 0 Å². The van der Waals surface area contributed by atoms with E-state index in [1.54, 1.807) is 0 Å². The lowest BCUT2D eigenvalue weighted by atomic mass is 10.1. The molecule has 88 valence electrons. The minimum atomic E-state index is 0.580.